The Kier molecular flexibility index (Phi) is 1.83. The van der Waals surface area contributed by atoms with Gasteiger partial charge in [0.05, 0.1) is 5.56 Å². The van der Waals surface area contributed by atoms with E-state index in [1.807, 2.05) is 24.3 Å². The van der Waals surface area contributed by atoms with Crippen LogP contribution in [0.3, 0.4) is 0 Å². The second kappa shape index (κ2) is 3.30. The van der Waals surface area contributed by atoms with Crippen molar-refractivity contribution in [3.63, 3.8) is 0 Å². The van der Waals surface area contributed by atoms with Crippen LogP contribution in [-0.4, -0.2) is 21.5 Å². The zero-order valence-corrected chi connectivity index (χ0v) is 8.18. The van der Waals surface area contributed by atoms with E-state index in [0.29, 0.717) is 17.1 Å². The Balaban J connectivity index is 2.37. The van der Waals surface area contributed by atoms with Gasteiger partial charge in [0.1, 0.15) is 5.69 Å². The van der Waals surface area contributed by atoms with Crippen molar-refractivity contribution in [3.8, 4) is 11.6 Å². The molecule has 0 bridgehead atoms. The van der Waals surface area contributed by atoms with Crippen LogP contribution >= 0.6 is 0 Å². The number of rotatable bonds is 2. The zero-order valence-electron chi connectivity index (χ0n) is 8.18. The maximum Gasteiger partial charge on any atom is 0.264 e. The summed E-state index contributed by atoms with van der Waals surface area (Å²) in [4.78, 5) is 14.2. The van der Waals surface area contributed by atoms with Crippen LogP contribution in [0.2, 0.25) is 0 Å². The van der Waals surface area contributed by atoms with Crippen LogP contribution in [0.4, 0.5) is 0 Å². The third-order valence-corrected chi connectivity index (χ3v) is 2.44. The number of hydrogen-bond acceptors (Lipinski definition) is 4. The Labute approximate surface area is 90.1 Å². The number of fused-ring (bicyclic) bond motifs is 1. The predicted octanol–water partition coefficient (Wildman–Crippen LogP) is 2.03. The Morgan fingerprint density at radius 1 is 1.31 bits per heavy atom. The maximum atomic E-state index is 11.1. The van der Waals surface area contributed by atoms with Gasteiger partial charge in [0.15, 0.2) is 6.29 Å². The van der Waals surface area contributed by atoms with Crippen molar-refractivity contribution in [1.29, 1.82) is 0 Å². The molecular weight excluding hydrogens is 206 g/mol. The number of para-hydroxylation sites is 1. The first kappa shape index (κ1) is 8.84. The smallest absolute Gasteiger partial charge is 0.264 e. The number of carbonyl (C=O) groups excluding carboxylic acids is 1. The highest BCUT2D eigenvalue weighted by molar-refractivity contribution is 6.03. The van der Waals surface area contributed by atoms with Crippen LogP contribution in [0, 0.1) is 0 Å². The van der Waals surface area contributed by atoms with E-state index in [1.54, 1.807) is 0 Å². The summed E-state index contributed by atoms with van der Waals surface area (Å²) in [5, 5.41) is 8.23. The Morgan fingerprint density at radius 3 is 2.94 bits per heavy atom. The normalized spacial score (nSPS) is 10.8. The molecule has 3 aromatic rings. The molecule has 0 atom stereocenters. The zero-order chi connectivity index (χ0) is 11.0. The first-order chi connectivity index (χ1) is 7.90. The molecule has 0 spiro atoms. The van der Waals surface area contributed by atoms with Gasteiger partial charge in [-0.2, -0.15) is 0 Å². The lowest BCUT2D eigenvalue weighted by Gasteiger charge is -1.90. The van der Waals surface area contributed by atoms with Crippen LogP contribution in [0.25, 0.3) is 22.5 Å². The van der Waals surface area contributed by atoms with Crippen LogP contribution in [0.15, 0.2) is 35.1 Å². The van der Waals surface area contributed by atoms with Gasteiger partial charge >= 0.3 is 0 Å². The fourth-order valence-corrected chi connectivity index (χ4v) is 1.74. The van der Waals surface area contributed by atoms with Gasteiger partial charge in [-0.25, -0.2) is 0 Å². The summed E-state index contributed by atoms with van der Waals surface area (Å²) in [6.45, 7) is 0. The highest BCUT2D eigenvalue weighted by atomic mass is 16.4. The van der Waals surface area contributed by atoms with Gasteiger partial charge in [-0.3, -0.25) is 4.79 Å². The summed E-state index contributed by atoms with van der Waals surface area (Å²) in [5.41, 5.74) is 1.98. The second-order valence-corrected chi connectivity index (χ2v) is 3.32. The molecule has 0 aliphatic heterocycles. The van der Waals surface area contributed by atoms with Gasteiger partial charge in [0.2, 0.25) is 6.39 Å². The third kappa shape index (κ3) is 1.15. The molecule has 5 heteroatoms. The van der Waals surface area contributed by atoms with E-state index in [0.717, 1.165) is 17.2 Å². The van der Waals surface area contributed by atoms with Gasteiger partial charge in [0.25, 0.3) is 5.89 Å². The molecule has 1 aromatic carbocycles. The van der Waals surface area contributed by atoms with Crippen LogP contribution < -0.4 is 0 Å². The monoisotopic (exact) mass is 213 g/mol. The quantitative estimate of drug-likeness (QED) is 0.661. The molecule has 2 aromatic heterocycles. The SMILES string of the molecule is O=Cc1c(-c2nnco2)[nH]c2ccccc12. The summed E-state index contributed by atoms with van der Waals surface area (Å²) in [7, 11) is 0. The molecule has 0 radical (unpaired) electrons. The lowest BCUT2D eigenvalue weighted by atomic mass is 10.1. The number of nitrogens with one attached hydrogen (secondary N) is 1. The number of H-pyrrole nitrogens is 1. The average molecular weight is 213 g/mol. The number of aromatic amines is 1. The second-order valence-electron chi connectivity index (χ2n) is 3.32. The molecule has 0 fully saturated rings. The van der Waals surface area contributed by atoms with Gasteiger partial charge in [-0.05, 0) is 6.07 Å². The van der Waals surface area contributed by atoms with E-state index in [4.69, 9.17) is 4.42 Å². The molecule has 0 aliphatic carbocycles. The van der Waals surface area contributed by atoms with Crippen molar-refractivity contribution < 1.29 is 9.21 Å². The molecule has 0 aliphatic rings. The first-order valence-corrected chi connectivity index (χ1v) is 4.72. The number of hydrogen-bond donors (Lipinski definition) is 1. The predicted molar refractivity (Wildman–Crippen MR) is 57.0 cm³/mol. The molecule has 3 rings (SSSR count). The molecule has 2 heterocycles. The van der Waals surface area contributed by atoms with E-state index in [2.05, 4.69) is 15.2 Å². The van der Waals surface area contributed by atoms with Crippen LogP contribution in [-0.2, 0) is 0 Å². The number of benzene rings is 1. The van der Waals surface area contributed by atoms with E-state index in [1.165, 1.54) is 6.39 Å². The number of aldehydes is 1. The van der Waals surface area contributed by atoms with E-state index >= 15 is 0 Å². The summed E-state index contributed by atoms with van der Waals surface area (Å²) in [6.07, 6.45) is 2.02. The molecule has 0 unspecified atom stereocenters. The molecule has 5 nitrogen and oxygen atoms in total. The van der Waals surface area contributed by atoms with Gasteiger partial charge in [-0.15, -0.1) is 10.2 Å². The molecule has 1 N–H and O–H groups in total. The Hall–Kier alpha value is -2.43. The standard InChI is InChI=1S/C11H7N3O2/c15-5-8-7-3-1-2-4-9(7)13-10(8)11-14-12-6-16-11/h1-6,13H. The highest BCUT2D eigenvalue weighted by Crippen LogP contribution is 2.27. The highest BCUT2D eigenvalue weighted by Gasteiger charge is 2.15. The fraction of sp³-hybridized carbons (Fsp3) is 0. The molecule has 78 valence electrons. The van der Waals surface area contributed by atoms with Gasteiger partial charge < -0.3 is 9.40 Å². The number of nitrogens with zero attached hydrogens (tertiary/aromatic N) is 2. The van der Waals surface area contributed by atoms with E-state index in [9.17, 15) is 4.79 Å². The molecule has 16 heavy (non-hydrogen) atoms. The fourth-order valence-electron chi connectivity index (χ4n) is 1.74. The molecule has 0 saturated heterocycles. The lowest BCUT2D eigenvalue weighted by molar-refractivity contribution is 0.112. The van der Waals surface area contributed by atoms with Gasteiger partial charge in [0, 0.05) is 10.9 Å². The van der Waals surface area contributed by atoms with Crippen molar-refractivity contribution in [1.82, 2.24) is 15.2 Å². The van der Waals surface area contributed by atoms with E-state index in [-0.39, 0.29) is 0 Å². The Morgan fingerprint density at radius 2 is 2.19 bits per heavy atom. The summed E-state index contributed by atoms with van der Waals surface area (Å²) in [5.74, 6) is 0.318. The summed E-state index contributed by atoms with van der Waals surface area (Å²) in [6, 6.07) is 7.53. The Bertz CT molecular complexity index is 640. The molecule has 0 saturated carbocycles. The van der Waals surface area contributed by atoms with Crippen molar-refractivity contribution >= 4 is 17.2 Å². The number of aromatic nitrogens is 3. The minimum atomic E-state index is 0.318. The van der Waals surface area contributed by atoms with Crippen molar-refractivity contribution in [3.05, 3.63) is 36.2 Å². The van der Waals surface area contributed by atoms with Gasteiger partial charge in [-0.1, -0.05) is 18.2 Å². The topological polar surface area (TPSA) is 71.8 Å². The van der Waals surface area contributed by atoms with Crippen molar-refractivity contribution in [2.24, 2.45) is 0 Å². The minimum absolute atomic E-state index is 0.318. The van der Waals surface area contributed by atoms with Crippen molar-refractivity contribution in [2.45, 2.75) is 0 Å². The molecular formula is C11H7N3O2. The number of carbonyl (C=O) groups is 1. The minimum Gasteiger partial charge on any atom is -0.422 e. The van der Waals surface area contributed by atoms with E-state index < -0.39 is 0 Å². The maximum absolute atomic E-state index is 11.1. The average Bonchev–Trinajstić information content (AvgIpc) is 2.95. The lowest BCUT2D eigenvalue weighted by Crippen LogP contribution is -1.84. The van der Waals surface area contributed by atoms with Crippen molar-refractivity contribution in [2.75, 3.05) is 0 Å². The summed E-state index contributed by atoms with van der Waals surface area (Å²) >= 11 is 0. The summed E-state index contributed by atoms with van der Waals surface area (Å²) < 4.78 is 5.08. The van der Waals surface area contributed by atoms with Crippen LogP contribution in [0.1, 0.15) is 10.4 Å². The third-order valence-electron chi connectivity index (χ3n) is 2.44. The first-order valence-electron chi connectivity index (χ1n) is 4.72. The molecule has 0 amide bonds. The largest absolute Gasteiger partial charge is 0.422 e. The van der Waals surface area contributed by atoms with Crippen LogP contribution in [0.5, 0.6) is 0 Å².